The molecular formula is C13H14ClN3. The monoisotopic (exact) mass is 247 g/mol. The number of rotatable bonds is 3. The maximum Gasteiger partial charge on any atom is 0.150 e. The number of aromatic nitrogens is 3. The zero-order valence-electron chi connectivity index (χ0n) is 9.89. The second kappa shape index (κ2) is 5.23. The van der Waals surface area contributed by atoms with Crippen LogP contribution in [0.3, 0.4) is 0 Å². The van der Waals surface area contributed by atoms with E-state index >= 15 is 0 Å². The van der Waals surface area contributed by atoms with E-state index in [-0.39, 0.29) is 0 Å². The summed E-state index contributed by atoms with van der Waals surface area (Å²) in [6.07, 6.45) is 6.19. The van der Waals surface area contributed by atoms with Gasteiger partial charge in [0, 0.05) is 23.9 Å². The highest BCUT2D eigenvalue weighted by molar-refractivity contribution is 6.30. The van der Waals surface area contributed by atoms with E-state index in [2.05, 4.69) is 28.8 Å². The van der Waals surface area contributed by atoms with Crippen LogP contribution in [0.1, 0.15) is 31.9 Å². The number of hydrogen-bond donors (Lipinski definition) is 0. The first-order valence-electron chi connectivity index (χ1n) is 5.65. The summed E-state index contributed by atoms with van der Waals surface area (Å²) in [5.74, 6) is 0.312. The van der Waals surface area contributed by atoms with Gasteiger partial charge in [-0.3, -0.25) is 4.98 Å². The minimum atomic E-state index is 0.312. The van der Waals surface area contributed by atoms with Crippen LogP contribution in [-0.4, -0.2) is 15.0 Å². The van der Waals surface area contributed by atoms with Crippen molar-refractivity contribution in [3.63, 3.8) is 0 Å². The fourth-order valence-corrected chi connectivity index (χ4v) is 1.83. The Hall–Kier alpha value is -1.48. The lowest BCUT2D eigenvalue weighted by Gasteiger charge is -2.10. The largest absolute Gasteiger partial charge is 0.264 e. The molecule has 0 spiro atoms. The van der Waals surface area contributed by atoms with Crippen molar-refractivity contribution >= 4 is 11.6 Å². The second-order valence-corrected chi connectivity index (χ2v) is 4.34. The minimum Gasteiger partial charge on any atom is -0.264 e. The van der Waals surface area contributed by atoms with Crippen LogP contribution in [0.5, 0.6) is 0 Å². The SMILES string of the molecule is CCC(C)c1nc(-c2cccnc2)cnc1Cl. The highest BCUT2D eigenvalue weighted by Gasteiger charge is 2.12. The van der Waals surface area contributed by atoms with E-state index in [4.69, 9.17) is 11.6 Å². The maximum absolute atomic E-state index is 6.07. The molecule has 17 heavy (non-hydrogen) atoms. The molecule has 2 rings (SSSR count). The molecule has 1 atom stereocenters. The number of pyridine rings is 1. The molecule has 0 N–H and O–H groups in total. The Kier molecular flexibility index (Phi) is 3.69. The molecule has 0 amide bonds. The second-order valence-electron chi connectivity index (χ2n) is 3.98. The predicted molar refractivity (Wildman–Crippen MR) is 69.0 cm³/mol. The molecule has 0 radical (unpaired) electrons. The van der Waals surface area contributed by atoms with Gasteiger partial charge in [-0.2, -0.15) is 0 Å². The van der Waals surface area contributed by atoms with Crippen LogP contribution in [-0.2, 0) is 0 Å². The first kappa shape index (κ1) is 12.0. The van der Waals surface area contributed by atoms with Gasteiger partial charge in [-0.1, -0.05) is 25.4 Å². The summed E-state index contributed by atoms with van der Waals surface area (Å²) in [6.45, 7) is 4.21. The molecule has 2 aromatic heterocycles. The summed E-state index contributed by atoms with van der Waals surface area (Å²) in [4.78, 5) is 12.9. The van der Waals surface area contributed by atoms with Gasteiger partial charge >= 0.3 is 0 Å². The summed E-state index contributed by atoms with van der Waals surface area (Å²) in [6, 6.07) is 3.85. The standard InChI is InChI=1S/C13H14ClN3/c1-3-9(2)12-13(14)16-8-11(17-12)10-5-4-6-15-7-10/h4-9H,3H2,1-2H3. The van der Waals surface area contributed by atoms with Crippen LogP contribution >= 0.6 is 11.6 Å². The number of hydrogen-bond acceptors (Lipinski definition) is 3. The first-order chi connectivity index (χ1) is 8.22. The minimum absolute atomic E-state index is 0.312. The van der Waals surface area contributed by atoms with Crippen molar-refractivity contribution in [3.05, 3.63) is 41.6 Å². The van der Waals surface area contributed by atoms with Gasteiger partial charge in [-0.15, -0.1) is 0 Å². The molecule has 1 unspecified atom stereocenters. The van der Waals surface area contributed by atoms with Gasteiger partial charge in [0.25, 0.3) is 0 Å². The molecule has 0 aliphatic rings. The van der Waals surface area contributed by atoms with Crippen molar-refractivity contribution in [2.75, 3.05) is 0 Å². The normalized spacial score (nSPS) is 12.4. The predicted octanol–water partition coefficient (Wildman–Crippen LogP) is 3.71. The molecule has 88 valence electrons. The van der Waals surface area contributed by atoms with Crippen molar-refractivity contribution in [2.45, 2.75) is 26.2 Å². The summed E-state index contributed by atoms with van der Waals surface area (Å²) in [7, 11) is 0. The molecule has 0 saturated carbocycles. The number of nitrogens with zero attached hydrogens (tertiary/aromatic N) is 3. The van der Waals surface area contributed by atoms with Crippen LogP contribution in [0.2, 0.25) is 5.15 Å². The van der Waals surface area contributed by atoms with Crippen LogP contribution in [0, 0.1) is 0 Å². The van der Waals surface area contributed by atoms with E-state index in [1.807, 2.05) is 12.1 Å². The Morgan fingerprint density at radius 2 is 2.18 bits per heavy atom. The van der Waals surface area contributed by atoms with Crippen LogP contribution in [0.15, 0.2) is 30.7 Å². The zero-order valence-corrected chi connectivity index (χ0v) is 10.6. The van der Waals surface area contributed by atoms with Gasteiger partial charge in [-0.05, 0) is 18.6 Å². The third kappa shape index (κ3) is 2.61. The van der Waals surface area contributed by atoms with Crippen molar-refractivity contribution in [2.24, 2.45) is 0 Å². The molecule has 2 aromatic rings. The fraction of sp³-hybridized carbons (Fsp3) is 0.308. The molecule has 0 aliphatic heterocycles. The van der Waals surface area contributed by atoms with E-state index < -0.39 is 0 Å². The third-order valence-electron chi connectivity index (χ3n) is 2.79. The van der Waals surface area contributed by atoms with E-state index in [0.717, 1.165) is 23.4 Å². The highest BCUT2D eigenvalue weighted by Crippen LogP contribution is 2.25. The molecule has 0 bridgehead atoms. The lowest BCUT2D eigenvalue weighted by atomic mass is 10.1. The Balaban J connectivity index is 2.44. The van der Waals surface area contributed by atoms with Gasteiger partial charge in [0.15, 0.2) is 5.15 Å². The quantitative estimate of drug-likeness (QED) is 0.830. The lowest BCUT2D eigenvalue weighted by Crippen LogP contribution is -2.00. The topological polar surface area (TPSA) is 38.7 Å². The molecule has 4 heteroatoms. The Bertz CT molecular complexity index is 499. The maximum atomic E-state index is 6.07. The Morgan fingerprint density at radius 3 is 2.82 bits per heavy atom. The zero-order chi connectivity index (χ0) is 12.3. The highest BCUT2D eigenvalue weighted by atomic mass is 35.5. The third-order valence-corrected chi connectivity index (χ3v) is 3.08. The fourth-order valence-electron chi connectivity index (χ4n) is 1.55. The van der Waals surface area contributed by atoms with Gasteiger partial charge in [0.1, 0.15) is 0 Å². The smallest absolute Gasteiger partial charge is 0.150 e. The molecule has 0 saturated heterocycles. The van der Waals surface area contributed by atoms with E-state index in [0.29, 0.717) is 11.1 Å². The van der Waals surface area contributed by atoms with Gasteiger partial charge in [0.2, 0.25) is 0 Å². The summed E-state index contributed by atoms with van der Waals surface area (Å²) >= 11 is 6.07. The van der Waals surface area contributed by atoms with Gasteiger partial charge in [0.05, 0.1) is 17.6 Å². The summed E-state index contributed by atoms with van der Waals surface area (Å²) < 4.78 is 0. The van der Waals surface area contributed by atoms with E-state index in [9.17, 15) is 0 Å². The van der Waals surface area contributed by atoms with E-state index in [1.54, 1.807) is 18.6 Å². The molecule has 0 aromatic carbocycles. The van der Waals surface area contributed by atoms with Crippen molar-refractivity contribution < 1.29 is 0 Å². The van der Waals surface area contributed by atoms with Crippen LogP contribution < -0.4 is 0 Å². The lowest BCUT2D eigenvalue weighted by molar-refractivity contribution is 0.704. The Morgan fingerprint density at radius 1 is 1.35 bits per heavy atom. The molecule has 3 nitrogen and oxygen atoms in total. The van der Waals surface area contributed by atoms with Gasteiger partial charge < -0.3 is 0 Å². The first-order valence-corrected chi connectivity index (χ1v) is 6.03. The molecular weight excluding hydrogens is 234 g/mol. The van der Waals surface area contributed by atoms with Crippen molar-refractivity contribution in [1.82, 2.24) is 15.0 Å². The summed E-state index contributed by atoms with van der Waals surface area (Å²) in [5, 5.41) is 0.493. The van der Waals surface area contributed by atoms with Crippen LogP contribution in [0.4, 0.5) is 0 Å². The Labute approximate surface area is 106 Å². The summed E-state index contributed by atoms with van der Waals surface area (Å²) in [5.41, 5.74) is 2.63. The van der Waals surface area contributed by atoms with Crippen LogP contribution in [0.25, 0.3) is 11.3 Å². The van der Waals surface area contributed by atoms with Gasteiger partial charge in [-0.25, -0.2) is 9.97 Å². The number of halogens is 1. The molecule has 0 aliphatic carbocycles. The average molecular weight is 248 g/mol. The molecule has 0 fully saturated rings. The molecule has 2 heterocycles. The van der Waals surface area contributed by atoms with Crippen molar-refractivity contribution in [3.8, 4) is 11.3 Å². The van der Waals surface area contributed by atoms with Crippen molar-refractivity contribution in [1.29, 1.82) is 0 Å². The average Bonchev–Trinajstić information content (AvgIpc) is 2.39. The van der Waals surface area contributed by atoms with E-state index in [1.165, 1.54) is 0 Å².